The Kier molecular flexibility index (Phi) is 17.5. The van der Waals surface area contributed by atoms with E-state index in [9.17, 15) is 4.57 Å². The van der Waals surface area contributed by atoms with Gasteiger partial charge in [-0.1, -0.05) is 45.6 Å². The summed E-state index contributed by atoms with van der Waals surface area (Å²) in [7, 11) is -1.98. The number of hydrogen-bond acceptors (Lipinski definition) is 3. The summed E-state index contributed by atoms with van der Waals surface area (Å²) in [6.45, 7) is 6.00. The Bertz CT molecular complexity index is 165. The van der Waals surface area contributed by atoms with Crippen LogP contribution in [0.5, 0.6) is 0 Å². The van der Waals surface area contributed by atoms with Crippen molar-refractivity contribution in [3.63, 3.8) is 0 Å². The molecule has 0 N–H and O–H groups in total. The van der Waals surface area contributed by atoms with Gasteiger partial charge in [-0.25, -0.2) is 4.52 Å². The Balaban J connectivity index is 0. The maximum Gasteiger partial charge on any atom is 0.749 e. The third kappa shape index (κ3) is 14.6. The van der Waals surface area contributed by atoms with Gasteiger partial charge in [0.2, 0.25) is 0 Å². The van der Waals surface area contributed by atoms with Gasteiger partial charge in [0, 0.05) is 34.1 Å². The van der Waals surface area contributed by atoms with Crippen LogP contribution in [0, 0.1) is 0 Å². The number of rotatable bonds is 10. The van der Waals surface area contributed by atoms with E-state index in [0.29, 0.717) is 6.61 Å². The van der Waals surface area contributed by atoms with Gasteiger partial charge in [-0.3, -0.25) is 0 Å². The largest absolute Gasteiger partial charge is 0.749 e. The molecule has 0 fully saturated rings. The fourth-order valence-electron chi connectivity index (χ4n) is 1.11. The van der Waals surface area contributed by atoms with Crippen LogP contribution < -0.4 is 0 Å². The molecule has 0 bridgehead atoms. The summed E-state index contributed by atoms with van der Waals surface area (Å²) in [6.07, 6.45) is 8.30. The van der Waals surface area contributed by atoms with Gasteiger partial charge in [0.15, 0.2) is 0 Å². The molecule has 0 aliphatic heterocycles. The molecule has 3 nitrogen and oxygen atoms in total. The minimum atomic E-state index is -1.98. The summed E-state index contributed by atoms with van der Waals surface area (Å²) >= 11 is 0. The maximum atomic E-state index is 10.8. The topological polar surface area (TPSA) is 35.5 Å². The zero-order valence-electron chi connectivity index (χ0n) is 9.91. The van der Waals surface area contributed by atoms with Gasteiger partial charge in [-0.05, 0) is 6.42 Å². The monoisotopic (exact) mass is 242 g/mol. The second-order valence-corrected chi connectivity index (χ2v) is 4.01. The van der Waals surface area contributed by atoms with E-state index in [2.05, 4.69) is 18.0 Å². The quantitative estimate of drug-likeness (QED) is 0.253. The first-order chi connectivity index (χ1) is 6.81. The van der Waals surface area contributed by atoms with Crippen LogP contribution >= 0.6 is 8.25 Å². The summed E-state index contributed by atoms with van der Waals surface area (Å²) in [5.41, 5.74) is 0. The van der Waals surface area contributed by atoms with E-state index in [4.69, 9.17) is 4.52 Å². The molecule has 0 aliphatic rings. The Morgan fingerprint density at radius 2 is 1.80 bits per heavy atom. The smallest absolute Gasteiger partial charge is 0.238 e. The number of unbranched alkanes of at least 4 members (excludes halogenated alkanes) is 5. The van der Waals surface area contributed by atoms with E-state index in [1.807, 2.05) is 0 Å². The molecule has 0 saturated carbocycles. The summed E-state index contributed by atoms with van der Waals surface area (Å²) in [6, 6.07) is 0. The van der Waals surface area contributed by atoms with Crippen LogP contribution in [-0.2, 0) is 13.6 Å². The van der Waals surface area contributed by atoms with Gasteiger partial charge in [-0.2, -0.15) is 0 Å². The van der Waals surface area contributed by atoms with E-state index in [0.717, 1.165) is 19.1 Å². The standard InChI is InChI=1S/C10H20O3P.Na/c1-3-5-6-7-8-9-10-13-14(11)12-4-2;/h4H,2-3,5-10H2,1H3;/q+1;. The van der Waals surface area contributed by atoms with Crippen LogP contribution in [0.2, 0.25) is 0 Å². The van der Waals surface area contributed by atoms with Crippen LogP contribution in [0.25, 0.3) is 0 Å². The van der Waals surface area contributed by atoms with Gasteiger partial charge in [0.1, 0.15) is 12.9 Å². The first-order valence-electron chi connectivity index (χ1n) is 5.19. The first kappa shape index (κ1) is 18.0. The van der Waals surface area contributed by atoms with Gasteiger partial charge >= 0.3 is 8.25 Å². The van der Waals surface area contributed by atoms with Crippen molar-refractivity contribution in [1.29, 1.82) is 0 Å². The molecule has 0 aliphatic carbocycles. The minimum absolute atomic E-state index is 0. The molecule has 1 unspecified atom stereocenters. The van der Waals surface area contributed by atoms with Crippen molar-refractivity contribution < 1.29 is 13.6 Å². The van der Waals surface area contributed by atoms with Crippen molar-refractivity contribution in [2.24, 2.45) is 0 Å². The summed E-state index contributed by atoms with van der Waals surface area (Å²) < 4.78 is 20.3. The summed E-state index contributed by atoms with van der Waals surface area (Å²) in [4.78, 5) is 0. The third-order valence-electron chi connectivity index (χ3n) is 1.86. The Morgan fingerprint density at radius 3 is 2.40 bits per heavy atom. The van der Waals surface area contributed by atoms with Gasteiger partial charge in [0.25, 0.3) is 0 Å². The Hall–Kier alpha value is 0.600. The van der Waals surface area contributed by atoms with Crippen molar-refractivity contribution in [2.75, 3.05) is 6.61 Å². The predicted molar refractivity (Wildman–Crippen MR) is 64.0 cm³/mol. The summed E-state index contributed by atoms with van der Waals surface area (Å²) in [5.74, 6) is 0. The first-order valence-corrected chi connectivity index (χ1v) is 6.28. The van der Waals surface area contributed by atoms with E-state index >= 15 is 0 Å². The molecule has 1 atom stereocenters. The van der Waals surface area contributed by atoms with Crippen LogP contribution in [0.3, 0.4) is 0 Å². The van der Waals surface area contributed by atoms with Gasteiger partial charge < -0.3 is 0 Å². The van der Waals surface area contributed by atoms with Crippen molar-refractivity contribution in [3.05, 3.63) is 12.8 Å². The second kappa shape index (κ2) is 14.6. The molecular weight excluding hydrogens is 222 g/mol. The molecule has 0 saturated heterocycles. The van der Waals surface area contributed by atoms with Crippen molar-refractivity contribution in [2.45, 2.75) is 45.4 Å². The molecule has 0 aromatic carbocycles. The van der Waals surface area contributed by atoms with Gasteiger partial charge in [-0.15, -0.1) is 4.52 Å². The molecule has 83 valence electrons. The van der Waals surface area contributed by atoms with Crippen molar-refractivity contribution in [3.8, 4) is 0 Å². The molecule has 15 heavy (non-hydrogen) atoms. The Morgan fingerprint density at radius 1 is 1.20 bits per heavy atom. The molecule has 0 aromatic heterocycles. The normalized spacial score (nSPS) is 10.3. The third-order valence-corrected chi connectivity index (χ3v) is 2.57. The average Bonchev–Trinajstić information content (AvgIpc) is 2.17. The molecular formula is C10H20NaO3P+. The zero-order valence-corrected chi connectivity index (χ0v) is 12.8. The second-order valence-electron chi connectivity index (χ2n) is 3.10. The van der Waals surface area contributed by atoms with E-state index in [1.54, 1.807) is 0 Å². The van der Waals surface area contributed by atoms with E-state index in [1.165, 1.54) is 25.7 Å². The average molecular weight is 242 g/mol. The fourth-order valence-corrected chi connectivity index (χ4v) is 1.57. The van der Waals surface area contributed by atoms with Crippen LogP contribution in [0.1, 0.15) is 45.4 Å². The SMILES string of the molecule is C=CO[P+](=O)OCCCCCCCC.[Na]. The number of hydrogen-bond donors (Lipinski definition) is 0. The fraction of sp³-hybridized carbons (Fsp3) is 0.800. The molecule has 0 amide bonds. The predicted octanol–water partition coefficient (Wildman–Crippen LogP) is 3.80. The minimum Gasteiger partial charge on any atom is -0.238 e. The molecule has 0 heterocycles. The molecule has 0 spiro atoms. The molecule has 5 heteroatoms. The molecule has 1 radical (unpaired) electrons. The van der Waals surface area contributed by atoms with Crippen LogP contribution in [-0.4, -0.2) is 36.2 Å². The van der Waals surface area contributed by atoms with Gasteiger partial charge in [0.05, 0.1) is 0 Å². The van der Waals surface area contributed by atoms with Crippen LogP contribution in [0.15, 0.2) is 12.8 Å². The van der Waals surface area contributed by atoms with E-state index < -0.39 is 8.25 Å². The van der Waals surface area contributed by atoms with Crippen molar-refractivity contribution >= 4 is 37.8 Å². The van der Waals surface area contributed by atoms with E-state index in [-0.39, 0.29) is 29.6 Å². The Labute approximate surface area is 116 Å². The zero-order chi connectivity index (χ0) is 10.6. The molecule has 0 rings (SSSR count). The maximum absolute atomic E-state index is 10.8. The summed E-state index contributed by atoms with van der Waals surface area (Å²) in [5, 5.41) is 0. The van der Waals surface area contributed by atoms with Crippen molar-refractivity contribution in [1.82, 2.24) is 0 Å². The molecule has 0 aromatic rings. The van der Waals surface area contributed by atoms with Crippen LogP contribution in [0.4, 0.5) is 0 Å².